The minimum atomic E-state index is -0.0555. The molecular formula is C64H86BN2S. The maximum Gasteiger partial charge on any atom is 0.200 e. The summed E-state index contributed by atoms with van der Waals surface area (Å²) in [5, 5.41) is 1.26. The van der Waals surface area contributed by atoms with Gasteiger partial charge in [-0.1, -0.05) is 190 Å². The van der Waals surface area contributed by atoms with Gasteiger partial charge in [-0.3, -0.25) is 0 Å². The van der Waals surface area contributed by atoms with Crippen LogP contribution in [0.3, 0.4) is 0 Å². The summed E-state index contributed by atoms with van der Waals surface area (Å²) >= 11 is 1.87. The third-order valence-electron chi connectivity index (χ3n) is 14.0. The molecule has 4 heteroatoms. The lowest BCUT2D eigenvalue weighted by Gasteiger charge is -2.42. The zero-order valence-corrected chi connectivity index (χ0v) is 45.7. The first-order valence-corrected chi connectivity index (χ1v) is 25.5. The Labute approximate surface area is 420 Å². The van der Waals surface area contributed by atoms with Crippen LogP contribution in [0.1, 0.15) is 134 Å². The molecule has 68 heavy (non-hydrogen) atoms. The quantitative estimate of drug-likeness (QED) is 0.0886. The maximum absolute atomic E-state index is 4.69. The number of allylic oxidation sites excluding steroid dienone is 16. The molecule has 1 radical (unpaired) electrons. The Balaban J connectivity index is 2.19. The summed E-state index contributed by atoms with van der Waals surface area (Å²) in [5.74, 6) is 2.71. The van der Waals surface area contributed by atoms with Crippen molar-refractivity contribution in [1.29, 1.82) is 0 Å². The summed E-state index contributed by atoms with van der Waals surface area (Å²) in [5.41, 5.74) is 11.3. The van der Waals surface area contributed by atoms with Gasteiger partial charge in [-0.2, -0.15) is 0 Å². The first kappa shape index (κ1) is 55.5. The predicted octanol–water partition coefficient (Wildman–Crippen LogP) is 18.0. The number of anilines is 1. The number of thiophene rings is 1. The van der Waals surface area contributed by atoms with E-state index >= 15 is 0 Å². The number of fused-ring (bicyclic) bond motifs is 4. The van der Waals surface area contributed by atoms with E-state index in [1.54, 1.807) is 6.08 Å². The van der Waals surface area contributed by atoms with Gasteiger partial charge in [-0.05, 0) is 146 Å². The lowest BCUT2D eigenvalue weighted by Crippen LogP contribution is -2.34. The van der Waals surface area contributed by atoms with Crippen LogP contribution in [-0.2, 0) is 10.8 Å². The van der Waals surface area contributed by atoms with E-state index in [1.165, 1.54) is 42.8 Å². The van der Waals surface area contributed by atoms with Crippen LogP contribution < -0.4 is 9.68 Å². The second-order valence-corrected chi connectivity index (χ2v) is 24.4. The van der Waals surface area contributed by atoms with Crippen LogP contribution in [0.4, 0.5) is 5.69 Å². The van der Waals surface area contributed by atoms with E-state index in [4.69, 9.17) is 0 Å². The van der Waals surface area contributed by atoms with Crippen molar-refractivity contribution in [2.24, 2.45) is 28.1 Å². The SMILES string of the molecule is C=C/C=C\C(=C)C(=C)/C=C\C1=C\[B]c2sc3cc4c(cc3c2N(/C=C/C(C(C=C)C(C)(C)C)C(C)(C)C)C(=C/C=C)/C=C/N1C/C(=C\C(=C/C)C(C)(C)C)C(=C)CCC=C)C(C)(C)CCC4(C)C. The molecule has 2 atom stereocenters. The first-order chi connectivity index (χ1) is 31.6. The summed E-state index contributed by atoms with van der Waals surface area (Å²) in [7, 11) is 2.33. The highest BCUT2D eigenvalue weighted by molar-refractivity contribution is 7.28. The van der Waals surface area contributed by atoms with Gasteiger partial charge in [0.25, 0.3) is 0 Å². The Bertz CT molecular complexity index is 2500. The molecule has 1 aromatic carbocycles. The highest BCUT2D eigenvalue weighted by Gasteiger charge is 2.39. The fourth-order valence-corrected chi connectivity index (χ4v) is 10.6. The molecule has 2 nitrogen and oxygen atoms in total. The van der Waals surface area contributed by atoms with E-state index in [-0.39, 0.29) is 38.9 Å². The first-order valence-electron chi connectivity index (χ1n) is 24.7. The zero-order valence-electron chi connectivity index (χ0n) is 44.9. The zero-order chi connectivity index (χ0) is 51.0. The van der Waals surface area contributed by atoms with Crippen LogP contribution in [-0.4, -0.2) is 18.7 Å². The van der Waals surface area contributed by atoms with Crippen LogP contribution in [0.2, 0.25) is 0 Å². The monoisotopic (exact) mass is 926 g/mol. The van der Waals surface area contributed by atoms with Crippen molar-refractivity contribution in [2.45, 2.75) is 133 Å². The standard InChI is InChI=1S/C64H86BN2S/c1-22-27-30-45(6)46(7)32-33-51-43-65-59-58(52-41-55-56(42-57(52)68-59)64(20,21)37-36-63(55,18)19)67(39-35-54(62(15,16)17)53(26-5)61(12,13)14)50(29-24-3)34-38-66(51)44-48(47(8)31-28-23-2)40-49(25-4)60(9,10)11/h22-27,29-30,32-35,38-43,53-54H,1-3,5-8,28,31,36-37,44H2,4,9-21H3/b30-27-,33-32-,38-34+,39-35+,48-40+,49-25+,50-29+,51-43-. The molecule has 4 rings (SSSR count). The summed E-state index contributed by atoms with van der Waals surface area (Å²) in [6.07, 6.45) is 35.9. The van der Waals surface area contributed by atoms with E-state index in [0.717, 1.165) is 53.8 Å². The molecule has 361 valence electrons. The molecule has 0 bridgehead atoms. The number of nitrogens with zero attached hydrogens (tertiary/aromatic N) is 2. The van der Waals surface area contributed by atoms with Crippen molar-refractivity contribution in [3.05, 3.63) is 206 Å². The maximum atomic E-state index is 4.69. The molecule has 2 unspecified atom stereocenters. The number of rotatable bonds is 17. The van der Waals surface area contributed by atoms with Crippen LogP contribution in [0.15, 0.2) is 195 Å². The molecule has 0 saturated heterocycles. The number of hydrogen-bond acceptors (Lipinski definition) is 3. The van der Waals surface area contributed by atoms with Gasteiger partial charge < -0.3 is 9.80 Å². The molecule has 0 N–H and O–H groups in total. The van der Waals surface area contributed by atoms with Crippen molar-refractivity contribution in [2.75, 3.05) is 11.4 Å². The molecule has 2 heterocycles. The largest absolute Gasteiger partial charge is 0.344 e. The molecule has 0 spiro atoms. The van der Waals surface area contributed by atoms with Crippen LogP contribution >= 0.6 is 11.3 Å². The Morgan fingerprint density at radius 1 is 0.838 bits per heavy atom. The van der Waals surface area contributed by atoms with Gasteiger partial charge in [-0.15, -0.1) is 24.5 Å². The molecular weight excluding hydrogens is 840 g/mol. The molecule has 2 aromatic rings. The highest BCUT2D eigenvalue weighted by atomic mass is 32.1. The van der Waals surface area contributed by atoms with Crippen LogP contribution in [0.25, 0.3) is 10.1 Å². The summed E-state index contributed by atoms with van der Waals surface area (Å²) in [6, 6.07) is 5.04. The third-order valence-corrected chi connectivity index (χ3v) is 15.1. The Kier molecular flexibility index (Phi) is 18.4. The number of benzene rings is 1. The van der Waals surface area contributed by atoms with Gasteiger partial charge in [0.05, 0.1) is 5.69 Å². The van der Waals surface area contributed by atoms with E-state index < -0.39 is 0 Å². The van der Waals surface area contributed by atoms with Crippen molar-refractivity contribution >= 4 is 39.2 Å². The second-order valence-electron chi connectivity index (χ2n) is 23.3. The van der Waals surface area contributed by atoms with Gasteiger partial charge in [-0.25, -0.2) is 0 Å². The highest BCUT2D eigenvalue weighted by Crippen LogP contribution is 2.50. The average Bonchev–Trinajstić information content (AvgIpc) is 3.60. The smallest absolute Gasteiger partial charge is 0.200 e. The van der Waals surface area contributed by atoms with E-state index in [0.29, 0.717) is 6.54 Å². The van der Waals surface area contributed by atoms with Crippen molar-refractivity contribution in [3.8, 4) is 0 Å². The van der Waals surface area contributed by atoms with E-state index in [1.807, 2.05) is 35.6 Å². The van der Waals surface area contributed by atoms with Gasteiger partial charge >= 0.3 is 0 Å². The topological polar surface area (TPSA) is 6.48 Å². The molecule has 1 aliphatic carbocycles. The van der Waals surface area contributed by atoms with Gasteiger partial charge in [0, 0.05) is 40.4 Å². The molecule has 0 amide bonds. The van der Waals surface area contributed by atoms with Gasteiger partial charge in [0.1, 0.15) is 0 Å². The Hall–Kier alpha value is -5.06. The van der Waals surface area contributed by atoms with Gasteiger partial charge in [0.15, 0.2) is 0 Å². The fourth-order valence-electron chi connectivity index (χ4n) is 9.50. The van der Waals surface area contributed by atoms with E-state index in [9.17, 15) is 0 Å². The fraction of sp³-hybridized carbons (Fsp3) is 0.406. The molecule has 0 fully saturated rings. The van der Waals surface area contributed by atoms with E-state index in [2.05, 4.69) is 239 Å². The summed E-state index contributed by atoms with van der Waals surface area (Å²) in [4.78, 5) is 4.77. The lowest BCUT2D eigenvalue weighted by atomic mass is 9.63. The Morgan fingerprint density at radius 2 is 1.46 bits per heavy atom. The molecule has 1 aliphatic heterocycles. The van der Waals surface area contributed by atoms with Crippen molar-refractivity contribution < 1.29 is 0 Å². The Morgan fingerprint density at radius 3 is 2.00 bits per heavy atom. The third kappa shape index (κ3) is 13.6. The summed E-state index contributed by atoms with van der Waals surface area (Å²) in [6.45, 7) is 63.3. The minimum Gasteiger partial charge on any atom is -0.344 e. The molecule has 2 aliphatic rings. The lowest BCUT2D eigenvalue weighted by molar-refractivity contribution is 0.143. The van der Waals surface area contributed by atoms with Crippen LogP contribution in [0.5, 0.6) is 0 Å². The van der Waals surface area contributed by atoms with Gasteiger partial charge in [0.2, 0.25) is 7.28 Å². The van der Waals surface area contributed by atoms with Crippen LogP contribution in [0, 0.1) is 28.1 Å². The predicted molar refractivity (Wildman–Crippen MR) is 309 cm³/mol. The minimum absolute atomic E-state index is 0.0103. The summed E-state index contributed by atoms with van der Waals surface area (Å²) < 4.78 is 2.46. The molecule has 0 saturated carbocycles. The van der Waals surface area contributed by atoms with Crippen molar-refractivity contribution in [1.82, 2.24) is 4.90 Å². The molecule has 1 aromatic heterocycles. The average molecular weight is 926 g/mol. The number of hydrogen-bond donors (Lipinski definition) is 0. The second kappa shape index (κ2) is 22.6. The van der Waals surface area contributed by atoms with Crippen molar-refractivity contribution in [3.63, 3.8) is 0 Å². The normalized spacial score (nSPS) is 19.8.